The number of pyridine rings is 1. The van der Waals surface area contributed by atoms with E-state index >= 15 is 0 Å². The maximum absolute atomic E-state index is 9.63. The fourth-order valence-corrected chi connectivity index (χ4v) is 3.51. The fourth-order valence-electron chi connectivity index (χ4n) is 3.51. The summed E-state index contributed by atoms with van der Waals surface area (Å²) in [7, 11) is 0. The second-order valence-electron chi connectivity index (χ2n) is 7.25. The van der Waals surface area contributed by atoms with Crippen LogP contribution in [0.2, 0.25) is 0 Å². The summed E-state index contributed by atoms with van der Waals surface area (Å²) in [6, 6.07) is 13.2. The smallest absolute Gasteiger partial charge is 0.0844 e. The normalized spacial score (nSPS) is 15.6. The minimum absolute atomic E-state index is 0.251. The Kier molecular flexibility index (Phi) is 3.42. The van der Waals surface area contributed by atoms with Gasteiger partial charge in [-0.3, -0.25) is 4.98 Å². The summed E-state index contributed by atoms with van der Waals surface area (Å²) in [6.07, 6.45) is 7.84. The minimum atomic E-state index is -0.251. The van der Waals surface area contributed by atoms with Gasteiger partial charge in [-0.05, 0) is 53.6 Å². The Balaban J connectivity index is 1.90. The standard InChI is InChI=1S/C21H21N3/c1-15(2)12-24-13-19(21(14-22)7-8-21)18-4-3-17(11-20(18)24)16-5-9-23-10-6-16/h3-6,9-11,13,15H,7-8,12H2,1-2H3. The number of nitrogens with zero attached hydrogens (tertiary/aromatic N) is 3. The molecule has 0 amide bonds. The molecule has 0 N–H and O–H groups in total. The van der Waals surface area contributed by atoms with E-state index in [0.29, 0.717) is 5.92 Å². The van der Waals surface area contributed by atoms with Gasteiger partial charge < -0.3 is 4.57 Å². The highest BCUT2D eigenvalue weighted by molar-refractivity contribution is 5.90. The predicted molar refractivity (Wildman–Crippen MR) is 96.5 cm³/mol. The van der Waals surface area contributed by atoms with Crippen LogP contribution in [-0.2, 0) is 12.0 Å². The van der Waals surface area contributed by atoms with E-state index in [1.807, 2.05) is 24.5 Å². The van der Waals surface area contributed by atoms with Crippen molar-refractivity contribution in [1.29, 1.82) is 5.26 Å². The number of benzene rings is 1. The highest BCUT2D eigenvalue weighted by Gasteiger charge is 2.46. The van der Waals surface area contributed by atoms with Crippen molar-refractivity contribution in [2.45, 2.75) is 38.6 Å². The van der Waals surface area contributed by atoms with Crippen molar-refractivity contribution in [3.05, 3.63) is 54.5 Å². The number of hydrogen-bond acceptors (Lipinski definition) is 2. The molecule has 2 heterocycles. The maximum atomic E-state index is 9.63. The molecule has 0 bridgehead atoms. The first-order chi connectivity index (χ1) is 11.6. The number of fused-ring (bicyclic) bond motifs is 1. The molecule has 4 rings (SSSR count). The zero-order chi connectivity index (χ0) is 16.7. The monoisotopic (exact) mass is 315 g/mol. The fraction of sp³-hybridized carbons (Fsp3) is 0.333. The SMILES string of the molecule is CC(C)Cn1cc(C2(C#N)CC2)c2ccc(-c3ccncc3)cc21. The topological polar surface area (TPSA) is 41.6 Å². The first-order valence-corrected chi connectivity index (χ1v) is 8.58. The van der Waals surface area contributed by atoms with Crippen LogP contribution < -0.4 is 0 Å². The van der Waals surface area contributed by atoms with Crippen LogP contribution in [0.3, 0.4) is 0 Å². The first-order valence-electron chi connectivity index (χ1n) is 8.58. The quantitative estimate of drug-likeness (QED) is 0.686. The molecule has 3 heteroatoms. The van der Waals surface area contributed by atoms with Crippen molar-refractivity contribution in [3.63, 3.8) is 0 Å². The van der Waals surface area contributed by atoms with Gasteiger partial charge in [0.05, 0.1) is 11.5 Å². The van der Waals surface area contributed by atoms with Crippen molar-refractivity contribution in [2.75, 3.05) is 0 Å². The Labute approximate surface area is 142 Å². The molecule has 1 aliphatic carbocycles. The van der Waals surface area contributed by atoms with Crippen LogP contribution in [0.1, 0.15) is 32.3 Å². The van der Waals surface area contributed by atoms with Crippen LogP contribution in [0, 0.1) is 17.2 Å². The highest BCUT2D eigenvalue weighted by atomic mass is 15.0. The molecule has 24 heavy (non-hydrogen) atoms. The Morgan fingerprint density at radius 3 is 2.54 bits per heavy atom. The molecule has 0 aliphatic heterocycles. The molecule has 3 nitrogen and oxygen atoms in total. The number of aromatic nitrogens is 2. The Morgan fingerprint density at radius 2 is 1.92 bits per heavy atom. The second kappa shape index (κ2) is 5.49. The van der Waals surface area contributed by atoms with Crippen LogP contribution >= 0.6 is 0 Å². The van der Waals surface area contributed by atoms with Crippen molar-refractivity contribution in [2.24, 2.45) is 5.92 Å². The maximum Gasteiger partial charge on any atom is 0.0844 e. The van der Waals surface area contributed by atoms with Gasteiger partial charge in [0.15, 0.2) is 0 Å². The van der Waals surface area contributed by atoms with Crippen LogP contribution in [0.25, 0.3) is 22.0 Å². The molecule has 0 radical (unpaired) electrons. The molecule has 1 aliphatic rings. The Bertz CT molecular complexity index is 925. The van der Waals surface area contributed by atoms with Crippen molar-refractivity contribution < 1.29 is 0 Å². The number of hydrogen-bond donors (Lipinski definition) is 0. The van der Waals surface area contributed by atoms with Crippen molar-refractivity contribution >= 4 is 10.9 Å². The molecule has 1 fully saturated rings. The highest BCUT2D eigenvalue weighted by Crippen LogP contribution is 2.50. The molecule has 0 spiro atoms. The van der Waals surface area contributed by atoms with Gasteiger partial charge in [-0.25, -0.2) is 0 Å². The number of nitriles is 1. The average Bonchev–Trinajstić information content (AvgIpc) is 3.32. The summed E-state index contributed by atoms with van der Waals surface area (Å²) in [5.74, 6) is 0.565. The molecule has 0 atom stereocenters. The largest absolute Gasteiger partial charge is 0.347 e. The summed E-state index contributed by atoms with van der Waals surface area (Å²) in [5, 5.41) is 10.9. The number of rotatable bonds is 4. The predicted octanol–water partition coefficient (Wildman–Crippen LogP) is 4.91. The van der Waals surface area contributed by atoms with E-state index in [4.69, 9.17) is 0 Å². The summed E-state index contributed by atoms with van der Waals surface area (Å²) in [5.41, 5.74) is 4.56. The lowest BCUT2D eigenvalue weighted by Gasteiger charge is -2.09. The van der Waals surface area contributed by atoms with Crippen LogP contribution in [-0.4, -0.2) is 9.55 Å². The molecular formula is C21H21N3. The van der Waals surface area contributed by atoms with Gasteiger partial charge in [-0.1, -0.05) is 26.0 Å². The third-order valence-electron chi connectivity index (χ3n) is 4.94. The third-order valence-corrected chi connectivity index (χ3v) is 4.94. The molecule has 2 aromatic heterocycles. The lowest BCUT2D eigenvalue weighted by molar-refractivity contribution is 0.534. The van der Waals surface area contributed by atoms with Gasteiger partial charge in [0.2, 0.25) is 0 Å². The van der Waals surface area contributed by atoms with Gasteiger partial charge in [-0.2, -0.15) is 5.26 Å². The van der Waals surface area contributed by atoms with Gasteiger partial charge in [0.1, 0.15) is 0 Å². The van der Waals surface area contributed by atoms with Gasteiger partial charge in [0.25, 0.3) is 0 Å². The molecule has 0 unspecified atom stereocenters. The van der Waals surface area contributed by atoms with E-state index in [1.165, 1.54) is 27.6 Å². The Morgan fingerprint density at radius 1 is 1.17 bits per heavy atom. The van der Waals surface area contributed by atoms with Gasteiger partial charge in [-0.15, -0.1) is 0 Å². The van der Waals surface area contributed by atoms with E-state index in [-0.39, 0.29) is 5.41 Å². The van der Waals surface area contributed by atoms with Gasteiger partial charge in [0, 0.05) is 36.0 Å². The van der Waals surface area contributed by atoms with E-state index in [9.17, 15) is 5.26 Å². The van der Waals surface area contributed by atoms with Gasteiger partial charge >= 0.3 is 0 Å². The minimum Gasteiger partial charge on any atom is -0.347 e. The average molecular weight is 315 g/mol. The molecule has 0 saturated heterocycles. The Hall–Kier alpha value is -2.60. The molecule has 1 aromatic carbocycles. The summed E-state index contributed by atoms with van der Waals surface area (Å²) >= 11 is 0. The first kappa shape index (κ1) is 15.0. The van der Waals surface area contributed by atoms with E-state index in [0.717, 1.165) is 19.4 Å². The van der Waals surface area contributed by atoms with Crippen molar-refractivity contribution in [1.82, 2.24) is 9.55 Å². The lowest BCUT2D eigenvalue weighted by atomic mass is 9.96. The summed E-state index contributed by atoms with van der Waals surface area (Å²) in [6.45, 7) is 5.43. The van der Waals surface area contributed by atoms with Crippen LogP contribution in [0.15, 0.2) is 48.9 Å². The summed E-state index contributed by atoms with van der Waals surface area (Å²) in [4.78, 5) is 4.10. The second-order valence-corrected chi connectivity index (χ2v) is 7.25. The zero-order valence-corrected chi connectivity index (χ0v) is 14.2. The van der Waals surface area contributed by atoms with E-state index < -0.39 is 0 Å². The zero-order valence-electron chi connectivity index (χ0n) is 14.2. The molecule has 1 saturated carbocycles. The molecular weight excluding hydrogens is 294 g/mol. The summed E-state index contributed by atoms with van der Waals surface area (Å²) < 4.78 is 2.33. The van der Waals surface area contributed by atoms with Crippen molar-refractivity contribution in [3.8, 4) is 17.2 Å². The van der Waals surface area contributed by atoms with E-state index in [2.05, 4.69) is 53.9 Å². The van der Waals surface area contributed by atoms with E-state index in [1.54, 1.807) is 0 Å². The lowest BCUT2D eigenvalue weighted by Crippen LogP contribution is -2.04. The van der Waals surface area contributed by atoms with Crippen LogP contribution in [0.5, 0.6) is 0 Å². The van der Waals surface area contributed by atoms with Crippen LogP contribution in [0.4, 0.5) is 0 Å². The molecule has 120 valence electrons. The molecule has 3 aromatic rings. The third kappa shape index (κ3) is 2.39.